The van der Waals surface area contributed by atoms with Gasteiger partial charge in [-0.15, -0.1) is 24.0 Å². The summed E-state index contributed by atoms with van der Waals surface area (Å²) in [5.74, 6) is 1.20. The number of halogens is 1. The van der Waals surface area contributed by atoms with Gasteiger partial charge < -0.3 is 15.8 Å². The molecule has 6 heteroatoms. The molecule has 0 atom stereocenters. The molecule has 0 bridgehead atoms. The first-order chi connectivity index (χ1) is 13.1. The van der Waals surface area contributed by atoms with E-state index in [1.807, 2.05) is 54.6 Å². The van der Waals surface area contributed by atoms with Crippen LogP contribution in [0.15, 0.2) is 71.9 Å². The fraction of sp³-hybridized carbons (Fsp3) is 0.182. The van der Waals surface area contributed by atoms with Gasteiger partial charge in [-0.1, -0.05) is 24.3 Å². The maximum absolute atomic E-state index is 6.00. The average Bonchev–Trinajstić information content (AvgIpc) is 2.65. The summed E-state index contributed by atoms with van der Waals surface area (Å²) < 4.78 is 5.74. The third-order valence-electron chi connectivity index (χ3n) is 3.96. The maximum atomic E-state index is 6.00. The fourth-order valence-electron chi connectivity index (χ4n) is 2.74. The zero-order valence-electron chi connectivity index (χ0n) is 16.1. The van der Waals surface area contributed by atoms with Gasteiger partial charge in [-0.05, 0) is 66.9 Å². The number of ether oxygens (including phenoxy) is 1. The Morgan fingerprint density at radius 3 is 2.39 bits per heavy atom. The molecule has 0 aliphatic rings. The van der Waals surface area contributed by atoms with E-state index in [0.29, 0.717) is 19.1 Å². The Kier molecular flexibility index (Phi) is 8.25. The molecule has 1 heterocycles. The molecule has 0 saturated heterocycles. The van der Waals surface area contributed by atoms with Gasteiger partial charge in [0.1, 0.15) is 12.4 Å². The van der Waals surface area contributed by atoms with Crippen molar-refractivity contribution in [2.75, 3.05) is 5.32 Å². The van der Waals surface area contributed by atoms with Gasteiger partial charge in [-0.2, -0.15) is 0 Å². The predicted molar refractivity (Wildman–Crippen MR) is 125 cm³/mol. The summed E-state index contributed by atoms with van der Waals surface area (Å²) in [6, 6.07) is 19.8. The van der Waals surface area contributed by atoms with E-state index in [0.717, 1.165) is 22.7 Å². The van der Waals surface area contributed by atoms with E-state index in [1.165, 1.54) is 11.1 Å². The lowest BCUT2D eigenvalue weighted by molar-refractivity contribution is 0.301. The molecule has 3 N–H and O–H groups in total. The van der Waals surface area contributed by atoms with Crippen molar-refractivity contribution in [3.05, 3.63) is 89.2 Å². The summed E-state index contributed by atoms with van der Waals surface area (Å²) in [6.45, 7) is 5.07. The van der Waals surface area contributed by atoms with Crippen LogP contribution in [0.3, 0.4) is 0 Å². The summed E-state index contributed by atoms with van der Waals surface area (Å²) in [7, 11) is 0. The van der Waals surface area contributed by atoms with E-state index >= 15 is 0 Å². The SMILES string of the molecule is Cc1cc(C)cc(NC(N)=NCc2ccc(OCc3ccccn3)cc2)c1.I. The van der Waals surface area contributed by atoms with E-state index in [9.17, 15) is 0 Å². The number of nitrogens with two attached hydrogens (primary N) is 1. The highest BCUT2D eigenvalue weighted by Gasteiger charge is 2.00. The molecule has 0 unspecified atom stereocenters. The molecule has 28 heavy (non-hydrogen) atoms. The summed E-state index contributed by atoms with van der Waals surface area (Å²) >= 11 is 0. The van der Waals surface area contributed by atoms with Gasteiger partial charge in [0.2, 0.25) is 0 Å². The standard InChI is InChI=1S/C22H24N4O.HI/c1-16-11-17(2)13-20(12-16)26-22(23)25-14-18-6-8-21(9-7-18)27-15-19-5-3-4-10-24-19;/h3-13H,14-15H2,1-2H3,(H3,23,25,26);1H. The molecule has 3 aromatic rings. The van der Waals surface area contributed by atoms with Gasteiger partial charge in [-0.3, -0.25) is 4.98 Å². The lowest BCUT2D eigenvalue weighted by Crippen LogP contribution is -2.22. The zero-order valence-corrected chi connectivity index (χ0v) is 18.4. The monoisotopic (exact) mass is 488 g/mol. The van der Waals surface area contributed by atoms with Crippen LogP contribution in [0.2, 0.25) is 0 Å². The number of nitrogens with zero attached hydrogens (tertiary/aromatic N) is 2. The number of hydrogen-bond acceptors (Lipinski definition) is 3. The quantitative estimate of drug-likeness (QED) is 0.297. The van der Waals surface area contributed by atoms with Crippen LogP contribution in [0, 0.1) is 13.8 Å². The molecule has 0 radical (unpaired) electrons. The summed E-state index contributed by atoms with van der Waals surface area (Å²) in [5, 5.41) is 3.14. The molecule has 5 nitrogen and oxygen atoms in total. The number of anilines is 1. The first-order valence-electron chi connectivity index (χ1n) is 8.85. The third-order valence-corrected chi connectivity index (χ3v) is 3.96. The Labute approximate surface area is 183 Å². The second-order valence-corrected chi connectivity index (χ2v) is 6.46. The zero-order chi connectivity index (χ0) is 19.1. The Morgan fingerprint density at radius 2 is 1.75 bits per heavy atom. The number of nitrogens with one attached hydrogen (secondary N) is 1. The van der Waals surface area contributed by atoms with Crippen LogP contribution in [0.25, 0.3) is 0 Å². The lowest BCUT2D eigenvalue weighted by Gasteiger charge is -2.08. The minimum atomic E-state index is 0. The number of aryl methyl sites for hydroxylation is 2. The molecule has 0 saturated carbocycles. The van der Waals surface area contributed by atoms with Crippen LogP contribution in [-0.4, -0.2) is 10.9 Å². The summed E-state index contributed by atoms with van der Waals surface area (Å²) in [4.78, 5) is 8.65. The molecule has 3 rings (SSSR count). The van der Waals surface area contributed by atoms with Gasteiger partial charge in [-0.25, -0.2) is 4.99 Å². The summed E-state index contributed by atoms with van der Waals surface area (Å²) in [6.07, 6.45) is 1.76. The van der Waals surface area contributed by atoms with Gasteiger partial charge in [0.25, 0.3) is 0 Å². The first-order valence-corrected chi connectivity index (χ1v) is 8.85. The van der Waals surface area contributed by atoms with Gasteiger partial charge in [0.15, 0.2) is 5.96 Å². The molecule has 2 aromatic carbocycles. The van der Waals surface area contributed by atoms with Crippen molar-refractivity contribution in [3.8, 4) is 5.75 Å². The predicted octanol–water partition coefficient (Wildman–Crippen LogP) is 4.82. The number of rotatable bonds is 6. The molecule has 0 spiro atoms. The fourth-order valence-corrected chi connectivity index (χ4v) is 2.74. The van der Waals surface area contributed by atoms with Gasteiger partial charge in [0.05, 0.1) is 12.2 Å². The van der Waals surface area contributed by atoms with Crippen LogP contribution in [0.4, 0.5) is 5.69 Å². The maximum Gasteiger partial charge on any atom is 0.193 e. The second-order valence-electron chi connectivity index (χ2n) is 6.46. The van der Waals surface area contributed by atoms with Gasteiger partial charge >= 0.3 is 0 Å². The topological polar surface area (TPSA) is 72.5 Å². The second kappa shape index (κ2) is 10.7. The smallest absolute Gasteiger partial charge is 0.193 e. The molecule has 0 aliphatic carbocycles. The minimum absolute atomic E-state index is 0. The highest BCUT2D eigenvalue weighted by molar-refractivity contribution is 14.0. The van der Waals surface area contributed by atoms with E-state index < -0.39 is 0 Å². The summed E-state index contributed by atoms with van der Waals surface area (Å²) in [5.41, 5.74) is 11.3. The number of aromatic nitrogens is 1. The Hall–Kier alpha value is -2.61. The molecule has 0 fully saturated rings. The van der Waals surface area contributed by atoms with E-state index in [1.54, 1.807) is 6.20 Å². The van der Waals surface area contributed by atoms with Crippen molar-refractivity contribution in [2.45, 2.75) is 27.0 Å². The van der Waals surface area contributed by atoms with Crippen LogP contribution in [-0.2, 0) is 13.2 Å². The first kappa shape index (κ1) is 21.7. The van der Waals surface area contributed by atoms with Crippen molar-refractivity contribution in [2.24, 2.45) is 10.7 Å². The van der Waals surface area contributed by atoms with Crippen LogP contribution in [0.5, 0.6) is 5.75 Å². The molecule has 146 valence electrons. The Bertz CT molecular complexity index is 891. The van der Waals surface area contributed by atoms with E-state index in [4.69, 9.17) is 10.5 Å². The Morgan fingerprint density at radius 1 is 1.04 bits per heavy atom. The molecule has 1 aromatic heterocycles. The minimum Gasteiger partial charge on any atom is -0.487 e. The van der Waals surface area contributed by atoms with E-state index in [2.05, 4.69) is 35.2 Å². The van der Waals surface area contributed by atoms with Crippen molar-refractivity contribution in [3.63, 3.8) is 0 Å². The molecular weight excluding hydrogens is 463 g/mol. The number of aliphatic imine (C=N–C) groups is 1. The van der Waals surface area contributed by atoms with Crippen LogP contribution >= 0.6 is 24.0 Å². The Balaban J connectivity index is 0.00000280. The van der Waals surface area contributed by atoms with E-state index in [-0.39, 0.29) is 24.0 Å². The van der Waals surface area contributed by atoms with Crippen LogP contribution in [0.1, 0.15) is 22.4 Å². The number of guanidine groups is 1. The normalized spacial score (nSPS) is 10.9. The number of benzene rings is 2. The van der Waals surface area contributed by atoms with Gasteiger partial charge in [0, 0.05) is 11.9 Å². The molecule has 0 amide bonds. The number of pyridine rings is 1. The van der Waals surface area contributed by atoms with Crippen molar-refractivity contribution in [1.29, 1.82) is 0 Å². The largest absolute Gasteiger partial charge is 0.487 e. The highest BCUT2D eigenvalue weighted by Crippen LogP contribution is 2.15. The van der Waals surface area contributed by atoms with Crippen molar-refractivity contribution in [1.82, 2.24) is 4.98 Å². The molecular formula is C22H25IN4O. The average molecular weight is 488 g/mol. The lowest BCUT2D eigenvalue weighted by atomic mass is 10.1. The number of hydrogen-bond donors (Lipinski definition) is 2. The third kappa shape index (κ3) is 6.84. The van der Waals surface area contributed by atoms with Crippen LogP contribution < -0.4 is 15.8 Å². The molecule has 0 aliphatic heterocycles. The van der Waals surface area contributed by atoms with Crippen molar-refractivity contribution < 1.29 is 4.74 Å². The highest BCUT2D eigenvalue weighted by atomic mass is 127. The van der Waals surface area contributed by atoms with Crippen molar-refractivity contribution >= 4 is 35.6 Å².